The molecule has 0 N–H and O–H groups in total. The lowest BCUT2D eigenvalue weighted by Crippen LogP contribution is -2.47. The average Bonchev–Trinajstić information content (AvgIpc) is 2.95. The molecule has 0 spiro atoms. The molecule has 0 saturated heterocycles. The highest BCUT2D eigenvalue weighted by atomic mass is 19.4. The molecule has 0 saturated carbocycles. The highest BCUT2D eigenvalue weighted by molar-refractivity contribution is 5.90. The summed E-state index contributed by atoms with van der Waals surface area (Å²) in [6.45, 7) is 4.19. The number of alkyl halides is 6. The smallest absolute Gasteiger partial charge is 0.416 e. The van der Waals surface area contributed by atoms with E-state index in [2.05, 4.69) is 0 Å². The van der Waals surface area contributed by atoms with Crippen molar-refractivity contribution < 1.29 is 50.1 Å². The van der Waals surface area contributed by atoms with Gasteiger partial charge in [-0.2, -0.15) is 26.3 Å². The van der Waals surface area contributed by atoms with E-state index in [-0.39, 0.29) is 25.7 Å². The first-order valence-electron chi connectivity index (χ1n) is 13.8. The first-order chi connectivity index (χ1) is 20.7. The maximum absolute atomic E-state index is 13.6. The van der Waals surface area contributed by atoms with Crippen LogP contribution >= 0.6 is 0 Å². The van der Waals surface area contributed by atoms with Crippen molar-refractivity contribution in [2.75, 3.05) is 18.1 Å². The van der Waals surface area contributed by atoms with Crippen molar-refractivity contribution in [2.24, 2.45) is 0 Å². The number of carbonyl (C=O) groups excluding carboxylic acids is 2. The molecule has 2 atom stereocenters. The summed E-state index contributed by atoms with van der Waals surface area (Å²) < 4.78 is 98.2. The van der Waals surface area contributed by atoms with E-state index in [1.807, 2.05) is 0 Å². The van der Waals surface area contributed by atoms with Gasteiger partial charge in [-0.15, -0.1) is 0 Å². The van der Waals surface area contributed by atoms with E-state index >= 15 is 0 Å². The van der Waals surface area contributed by atoms with Crippen LogP contribution < -0.4 is 9.64 Å². The van der Waals surface area contributed by atoms with Crippen LogP contribution in [0.2, 0.25) is 0 Å². The first-order valence-corrected chi connectivity index (χ1v) is 13.8. The van der Waals surface area contributed by atoms with Gasteiger partial charge >= 0.3 is 24.5 Å². The van der Waals surface area contributed by atoms with Gasteiger partial charge in [0.2, 0.25) is 0 Å². The van der Waals surface area contributed by atoms with E-state index in [0.29, 0.717) is 34.9 Å². The standard InChI is InChI=1S/C31H30F6N2O5/c1-4-42-28(40)38(18-20-14-21(30(32,33)34)16-22(15-20)31(35,36)37)27-13-19(3)39(29(41)43-5-2)26-12-11-24(17-25(26)27)44-23-9-7-6-8-10-23/h6-12,14-17,19,27H,4-5,13,18H2,1-3H3/t19-,27+/m1/s1. The molecule has 0 unspecified atom stereocenters. The van der Waals surface area contributed by atoms with E-state index in [1.165, 1.54) is 11.8 Å². The van der Waals surface area contributed by atoms with Gasteiger partial charge in [0, 0.05) is 18.2 Å². The number of para-hydroxylation sites is 1. The third-order valence-electron chi connectivity index (χ3n) is 6.95. The molecule has 7 nitrogen and oxygen atoms in total. The Hall–Kier alpha value is -4.42. The topological polar surface area (TPSA) is 68.3 Å². The molecule has 13 heteroatoms. The summed E-state index contributed by atoms with van der Waals surface area (Å²) in [6.07, 6.45) is -11.7. The van der Waals surface area contributed by atoms with E-state index in [4.69, 9.17) is 14.2 Å². The Bertz CT molecular complexity index is 1450. The molecule has 1 aliphatic heterocycles. The average molecular weight is 625 g/mol. The molecule has 0 bridgehead atoms. The molecule has 1 heterocycles. The quantitative estimate of drug-likeness (QED) is 0.246. The highest BCUT2D eigenvalue weighted by Crippen LogP contribution is 2.44. The van der Waals surface area contributed by atoms with Crippen LogP contribution in [0.5, 0.6) is 11.5 Å². The monoisotopic (exact) mass is 624 g/mol. The van der Waals surface area contributed by atoms with Crippen molar-refractivity contribution in [3.05, 3.63) is 89.0 Å². The van der Waals surface area contributed by atoms with Crippen molar-refractivity contribution in [3.8, 4) is 11.5 Å². The van der Waals surface area contributed by atoms with Crippen LogP contribution in [-0.2, 0) is 28.4 Å². The summed E-state index contributed by atoms with van der Waals surface area (Å²) >= 11 is 0. The number of anilines is 1. The number of benzene rings is 3. The van der Waals surface area contributed by atoms with Crippen molar-refractivity contribution >= 4 is 17.9 Å². The van der Waals surface area contributed by atoms with E-state index in [0.717, 1.165) is 4.90 Å². The second-order valence-corrected chi connectivity index (χ2v) is 10.0. The van der Waals surface area contributed by atoms with Gasteiger partial charge in [-0.25, -0.2) is 9.59 Å². The maximum atomic E-state index is 13.6. The fraction of sp³-hybridized carbons (Fsp3) is 0.355. The predicted octanol–water partition coefficient (Wildman–Crippen LogP) is 8.97. The van der Waals surface area contributed by atoms with E-state index in [1.54, 1.807) is 62.4 Å². The molecule has 0 fully saturated rings. The van der Waals surface area contributed by atoms with Crippen molar-refractivity contribution in [2.45, 2.75) is 58.2 Å². The maximum Gasteiger partial charge on any atom is 0.416 e. The Kier molecular flexibility index (Phi) is 9.65. The van der Waals surface area contributed by atoms with Crippen molar-refractivity contribution in [3.63, 3.8) is 0 Å². The summed E-state index contributed by atoms with van der Waals surface area (Å²) in [7, 11) is 0. The summed E-state index contributed by atoms with van der Waals surface area (Å²) in [5, 5.41) is 0. The number of nitrogens with zero attached hydrogens (tertiary/aromatic N) is 2. The molecule has 3 aromatic rings. The predicted molar refractivity (Wildman–Crippen MR) is 148 cm³/mol. The minimum absolute atomic E-state index is 0.0284. The van der Waals surface area contributed by atoms with Crippen molar-refractivity contribution in [1.29, 1.82) is 0 Å². The highest BCUT2D eigenvalue weighted by Gasteiger charge is 2.41. The number of amides is 2. The van der Waals surface area contributed by atoms with Gasteiger partial charge < -0.3 is 14.2 Å². The third-order valence-corrected chi connectivity index (χ3v) is 6.95. The molecule has 236 valence electrons. The summed E-state index contributed by atoms with van der Waals surface area (Å²) in [4.78, 5) is 28.8. The number of halogens is 6. The minimum atomic E-state index is -5.07. The largest absolute Gasteiger partial charge is 0.457 e. The van der Waals surface area contributed by atoms with Gasteiger partial charge in [-0.05, 0) is 81.3 Å². The van der Waals surface area contributed by atoms with E-state index in [9.17, 15) is 35.9 Å². The van der Waals surface area contributed by atoms with Crippen LogP contribution in [0.25, 0.3) is 0 Å². The second kappa shape index (κ2) is 13.1. The summed E-state index contributed by atoms with van der Waals surface area (Å²) in [6, 6.07) is 13.1. The lowest BCUT2D eigenvalue weighted by atomic mass is 9.90. The van der Waals surface area contributed by atoms with E-state index < -0.39 is 59.9 Å². The molecule has 1 aliphatic rings. The Morgan fingerprint density at radius 3 is 2.02 bits per heavy atom. The van der Waals surface area contributed by atoms with Gasteiger partial charge in [0.25, 0.3) is 0 Å². The lowest BCUT2D eigenvalue weighted by Gasteiger charge is -2.42. The zero-order chi connectivity index (χ0) is 32.2. The number of ether oxygens (including phenoxy) is 3. The molecule has 3 aromatic carbocycles. The molecule has 0 radical (unpaired) electrons. The number of fused-ring (bicyclic) bond motifs is 1. The lowest BCUT2D eigenvalue weighted by molar-refractivity contribution is -0.143. The fourth-order valence-corrected chi connectivity index (χ4v) is 5.08. The van der Waals surface area contributed by atoms with Gasteiger partial charge in [0.05, 0.1) is 36.1 Å². The Morgan fingerprint density at radius 2 is 1.45 bits per heavy atom. The molecular formula is C31H30F6N2O5. The van der Waals surface area contributed by atoms with Crippen molar-refractivity contribution in [1.82, 2.24) is 4.90 Å². The van der Waals surface area contributed by atoms with Crippen LogP contribution in [0.1, 0.15) is 55.5 Å². The van der Waals surface area contributed by atoms with Crippen LogP contribution in [0, 0.1) is 0 Å². The third kappa shape index (κ3) is 7.37. The summed E-state index contributed by atoms with van der Waals surface area (Å²) in [5.41, 5.74) is -2.72. The van der Waals surface area contributed by atoms with Crippen LogP contribution in [-0.4, -0.2) is 36.3 Å². The Morgan fingerprint density at radius 1 is 0.841 bits per heavy atom. The number of hydrogen-bond donors (Lipinski definition) is 0. The van der Waals surface area contributed by atoms with Gasteiger partial charge in [-0.1, -0.05) is 18.2 Å². The number of carbonyl (C=O) groups is 2. The Labute approximate surface area is 249 Å². The number of rotatable bonds is 7. The Balaban J connectivity index is 1.85. The van der Waals surface area contributed by atoms with Gasteiger partial charge in [-0.3, -0.25) is 9.80 Å². The molecule has 0 aliphatic carbocycles. The zero-order valence-corrected chi connectivity index (χ0v) is 24.0. The molecular weight excluding hydrogens is 594 g/mol. The number of hydrogen-bond acceptors (Lipinski definition) is 5. The van der Waals surface area contributed by atoms with Crippen LogP contribution in [0.15, 0.2) is 66.7 Å². The first kappa shape index (κ1) is 32.5. The molecule has 44 heavy (non-hydrogen) atoms. The van der Waals surface area contributed by atoms with Crippen LogP contribution in [0.3, 0.4) is 0 Å². The fourth-order valence-electron chi connectivity index (χ4n) is 5.08. The minimum Gasteiger partial charge on any atom is -0.457 e. The van der Waals surface area contributed by atoms with Gasteiger partial charge in [0.1, 0.15) is 11.5 Å². The summed E-state index contributed by atoms with van der Waals surface area (Å²) in [5.74, 6) is 0.807. The molecule has 4 rings (SSSR count). The van der Waals surface area contributed by atoms with Crippen LogP contribution in [0.4, 0.5) is 41.6 Å². The SMILES string of the molecule is CCOC(=O)N(Cc1cc(C(F)(F)F)cc(C(F)(F)F)c1)[C@H]1C[C@@H](C)N(C(=O)OCC)c2ccc(Oc3ccccc3)cc21. The van der Waals surface area contributed by atoms with Gasteiger partial charge in [0.15, 0.2) is 0 Å². The zero-order valence-electron chi connectivity index (χ0n) is 24.0. The second-order valence-electron chi connectivity index (χ2n) is 10.0. The molecule has 0 aromatic heterocycles. The normalized spacial score (nSPS) is 16.6. The molecule has 2 amide bonds.